The number of nitrogens with zero attached hydrogens (tertiary/aromatic N) is 1. The number of fused-ring (bicyclic) bond motifs is 1. The Kier molecular flexibility index (Phi) is 1.26. The van der Waals surface area contributed by atoms with Crippen molar-refractivity contribution in [1.82, 2.24) is 9.97 Å². The van der Waals surface area contributed by atoms with Gasteiger partial charge in [0.15, 0.2) is 5.95 Å². The topological polar surface area (TPSA) is 54.7 Å². The number of halogens is 1. The lowest BCUT2D eigenvalue weighted by molar-refractivity contribution is 1.35. The predicted octanol–water partition coefficient (Wildman–Crippen LogP) is 1.80. The van der Waals surface area contributed by atoms with Crippen LogP contribution in [0.25, 0.3) is 11.0 Å². The molecule has 0 saturated carbocycles. The fourth-order valence-corrected chi connectivity index (χ4v) is 1.23. The van der Waals surface area contributed by atoms with Gasteiger partial charge in [-0.15, -0.1) is 0 Å². The number of aromatic nitrogens is 2. The fraction of sp³-hybridized carbons (Fsp3) is 0. The van der Waals surface area contributed by atoms with Gasteiger partial charge in [-0.3, -0.25) is 0 Å². The summed E-state index contributed by atoms with van der Waals surface area (Å²) in [4.78, 5) is 6.87. The summed E-state index contributed by atoms with van der Waals surface area (Å²) in [5, 5.41) is 0.645. The van der Waals surface area contributed by atoms with Gasteiger partial charge in [-0.1, -0.05) is 17.7 Å². The molecule has 0 saturated heterocycles. The number of aromatic amines is 1. The number of hydrogen-bond donors (Lipinski definition) is 2. The van der Waals surface area contributed by atoms with Crippen molar-refractivity contribution in [2.75, 3.05) is 5.73 Å². The Morgan fingerprint density at radius 1 is 1.45 bits per heavy atom. The van der Waals surface area contributed by atoms with E-state index in [0.717, 1.165) is 11.0 Å². The van der Waals surface area contributed by atoms with Gasteiger partial charge < -0.3 is 10.7 Å². The second kappa shape index (κ2) is 2.13. The molecule has 0 spiro atoms. The third-order valence-electron chi connectivity index (χ3n) is 1.49. The average Bonchev–Trinajstić information content (AvgIpc) is 2.31. The zero-order chi connectivity index (χ0) is 7.84. The van der Waals surface area contributed by atoms with E-state index in [0.29, 0.717) is 11.0 Å². The van der Waals surface area contributed by atoms with Crippen LogP contribution in [0.2, 0.25) is 5.02 Å². The summed E-state index contributed by atoms with van der Waals surface area (Å²) < 4.78 is 0. The van der Waals surface area contributed by atoms with Crippen molar-refractivity contribution in [2.45, 2.75) is 0 Å². The van der Waals surface area contributed by atoms with Gasteiger partial charge in [0.05, 0.1) is 16.1 Å². The molecule has 4 heteroatoms. The molecule has 1 aromatic heterocycles. The van der Waals surface area contributed by atoms with E-state index < -0.39 is 0 Å². The number of imidazole rings is 1. The molecule has 2 rings (SSSR count). The molecule has 0 bridgehead atoms. The van der Waals surface area contributed by atoms with Crippen molar-refractivity contribution < 1.29 is 0 Å². The van der Waals surface area contributed by atoms with E-state index in [1.165, 1.54) is 0 Å². The molecule has 2 aromatic rings. The third-order valence-corrected chi connectivity index (χ3v) is 1.80. The highest BCUT2D eigenvalue weighted by Crippen LogP contribution is 2.20. The minimum Gasteiger partial charge on any atom is -0.369 e. The number of rotatable bonds is 0. The molecule has 1 heterocycles. The van der Waals surface area contributed by atoms with Gasteiger partial charge in [0.2, 0.25) is 0 Å². The number of hydrogen-bond acceptors (Lipinski definition) is 2. The molecule has 0 unspecified atom stereocenters. The SMILES string of the molecule is Nc1nc2cccc(Cl)c2[nH]1. The number of benzene rings is 1. The van der Waals surface area contributed by atoms with Gasteiger partial charge in [0.25, 0.3) is 0 Å². The number of anilines is 1. The molecule has 0 aliphatic carbocycles. The lowest BCUT2D eigenvalue weighted by Gasteiger charge is -1.88. The molecule has 0 atom stereocenters. The summed E-state index contributed by atoms with van der Waals surface area (Å²) in [6.45, 7) is 0. The van der Waals surface area contributed by atoms with Crippen LogP contribution in [0.5, 0.6) is 0 Å². The normalized spacial score (nSPS) is 10.6. The van der Waals surface area contributed by atoms with Crippen LogP contribution in [0.3, 0.4) is 0 Å². The van der Waals surface area contributed by atoms with E-state index in [4.69, 9.17) is 17.3 Å². The number of nitrogen functional groups attached to an aromatic ring is 1. The lowest BCUT2D eigenvalue weighted by atomic mass is 10.3. The molecule has 0 fully saturated rings. The summed E-state index contributed by atoms with van der Waals surface area (Å²) in [6, 6.07) is 5.49. The van der Waals surface area contributed by atoms with Crippen molar-refractivity contribution in [3.05, 3.63) is 23.2 Å². The summed E-state index contributed by atoms with van der Waals surface area (Å²) in [5.74, 6) is 0.396. The van der Waals surface area contributed by atoms with E-state index in [2.05, 4.69) is 9.97 Å². The number of nitrogens with one attached hydrogen (secondary N) is 1. The molecule has 3 nitrogen and oxygen atoms in total. The smallest absolute Gasteiger partial charge is 0.198 e. The molecule has 56 valence electrons. The van der Waals surface area contributed by atoms with Crippen LogP contribution in [0.4, 0.5) is 5.95 Å². The van der Waals surface area contributed by atoms with Crippen LogP contribution in [0.1, 0.15) is 0 Å². The minimum atomic E-state index is 0.396. The van der Waals surface area contributed by atoms with E-state index in [-0.39, 0.29) is 0 Å². The first-order chi connectivity index (χ1) is 5.27. The van der Waals surface area contributed by atoms with Crippen molar-refractivity contribution >= 4 is 28.6 Å². The second-order valence-electron chi connectivity index (χ2n) is 2.26. The average molecular weight is 168 g/mol. The number of para-hydroxylation sites is 1. The van der Waals surface area contributed by atoms with Gasteiger partial charge in [-0.25, -0.2) is 4.98 Å². The highest BCUT2D eigenvalue weighted by molar-refractivity contribution is 6.34. The Balaban J connectivity index is 2.90. The molecule has 11 heavy (non-hydrogen) atoms. The summed E-state index contributed by atoms with van der Waals surface area (Å²) in [6.07, 6.45) is 0. The number of H-pyrrole nitrogens is 1. The molecule has 0 radical (unpaired) electrons. The van der Waals surface area contributed by atoms with Crippen LogP contribution in [0, 0.1) is 0 Å². The largest absolute Gasteiger partial charge is 0.369 e. The Hall–Kier alpha value is -1.22. The Bertz CT molecular complexity index is 393. The lowest BCUT2D eigenvalue weighted by Crippen LogP contribution is -1.84. The Labute approximate surface area is 68.2 Å². The van der Waals surface area contributed by atoms with Crippen molar-refractivity contribution in [2.24, 2.45) is 0 Å². The van der Waals surface area contributed by atoms with Crippen molar-refractivity contribution in [1.29, 1.82) is 0 Å². The zero-order valence-electron chi connectivity index (χ0n) is 5.63. The standard InChI is InChI=1S/C7H6ClN3/c8-4-2-1-3-5-6(4)11-7(9)10-5/h1-3H,(H3,9,10,11). The molecule has 0 amide bonds. The van der Waals surface area contributed by atoms with E-state index in [9.17, 15) is 0 Å². The molecular weight excluding hydrogens is 162 g/mol. The summed E-state index contributed by atoms with van der Waals surface area (Å²) >= 11 is 5.84. The van der Waals surface area contributed by atoms with Gasteiger partial charge >= 0.3 is 0 Å². The van der Waals surface area contributed by atoms with Crippen molar-refractivity contribution in [3.8, 4) is 0 Å². The molecular formula is C7H6ClN3. The predicted molar refractivity (Wildman–Crippen MR) is 45.5 cm³/mol. The maximum atomic E-state index is 5.84. The molecule has 0 aliphatic rings. The molecule has 1 aromatic carbocycles. The van der Waals surface area contributed by atoms with E-state index in [1.807, 2.05) is 12.1 Å². The van der Waals surface area contributed by atoms with E-state index in [1.54, 1.807) is 6.07 Å². The maximum absolute atomic E-state index is 5.84. The zero-order valence-corrected chi connectivity index (χ0v) is 6.39. The second-order valence-corrected chi connectivity index (χ2v) is 2.66. The first-order valence-electron chi connectivity index (χ1n) is 3.17. The van der Waals surface area contributed by atoms with Crippen LogP contribution in [0.15, 0.2) is 18.2 Å². The van der Waals surface area contributed by atoms with Gasteiger partial charge in [0, 0.05) is 0 Å². The van der Waals surface area contributed by atoms with Crippen molar-refractivity contribution in [3.63, 3.8) is 0 Å². The summed E-state index contributed by atoms with van der Waals surface area (Å²) in [7, 11) is 0. The van der Waals surface area contributed by atoms with Crippen LogP contribution in [-0.4, -0.2) is 9.97 Å². The maximum Gasteiger partial charge on any atom is 0.198 e. The van der Waals surface area contributed by atoms with Gasteiger partial charge in [0.1, 0.15) is 0 Å². The Morgan fingerprint density at radius 3 is 3.00 bits per heavy atom. The molecule has 0 aliphatic heterocycles. The highest BCUT2D eigenvalue weighted by atomic mass is 35.5. The summed E-state index contributed by atoms with van der Waals surface area (Å²) in [5.41, 5.74) is 7.03. The minimum absolute atomic E-state index is 0.396. The van der Waals surface area contributed by atoms with Crippen LogP contribution in [-0.2, 0) is 0 Å². The van der Waals surface area contributed by atoms with Crippen LogP contribution < -0.4 is 5.73 Å². The van der Waals surface area contributed by atoms with Crippen LogP contribution >= 0.6 is 11.6 Å². The van der Waals surface area contributed by atoms with Gasteiger partial charge in [-0.05, 0) is 12.1 Å². The number of nitrogens with two attached hydrogens (primary N) is 1. The Morgan fingerprint density at radius 2 is 2.27 bits per heavy atom. The first kappa shape index (κ1) is 6.49. The highest BCUT2D eigenvalue weighted by Gasteiger charge is 2.01. The third kappa shape index (κ3) is 0.935. The quantitative estimate of drug-likeness (QED) is 0.629. The fourth-order valence-electron chi connectivity index (χ4n) is 1.02. The monoisotopic (exact) mass is 167 g/mol. The van der Waals surface area contributed by atoms with Gasteiger partial charge in [-0.2, -0.15) is 0 Å². The first-order valence-corrected chi connectivity index (χ1v) is 3.55. The molecule has 3 N–H and O–H groups in total. The van der Waals surface area contributed by atoms with E-state index >= 15 is 0 Å².